The van der Waals surface area contributed by atoms with Crippen molar-refractivity contribution >= 4 is 5.65 Å². The third-order valence-electron chi connectivity index (χ3n) is 4.94. The van der Waals surface area contributed by atoms with E-state index >= 15 is 0 Å². The minimum atomic E-state index is 0.465. The van der Waals surface area contributed by atoms with E-state index in [1.54, 1.807) is 0 Å². The van der Waals surface area contributed by atoms with Gasteiger partial charge in [0.25, 0.3) is 0 Å². The fourth-order valence-electron chi connectivity index (χ4n) is 3.39. The predicted octanol–water partition coefficient (Wildman–Crippen LogP) is 3.68. The lowest BCUT2D eigenvalue weighted by molar-refractivity contribution is 0.302. The number of pyridine rings is 1. The van der Waals surface area contributed by atoms with Crippen LogP contribution in [-0.4, -0.2) is 25.7 Å². The van der Waals surface area contributed by atoms with Gasteiger partial charge in [-0.1, -0.05) is 18.2 Å². The van der Waals surface area contributed by atoms with Gasteiger partial charge >= 0.3 is 0 Å². The van der Waals surface area contributed by atoms with Gasteiger partial charge in [0, 0.05) is 32.2 Å². The Balaban J connectivity index is 1.21. The number of hydrogen-bond donors (Lipinski definition) is 1. The SMILES string of the molecule is Cc1cccn2cc(COc3ccc(CNCCCc4cnn(C)c4)cc3)nc12. The summed E-state index contributed by atoms with van der Waals surface area (Å²) in [6, 6.07) is 12.4. The maximum absolute atomic E-state index is 5.91. The minimum Gasteiger partial charge on any atom is -0.487 e. The molecule has 0 spiro atoms. The van der Waals surface area contributed by atoms with Gasteiger partial charge in [-0.3, -0.25) is 4.68 Å². The van der Waals surface area contributed by atoms with E-state index in [1.807, 2.05) is 52.9 Å². The molecule has 0 saturated heterocycles. The Labute approximate surface area is 171 Å². The average molecular weight is 390 g/mol. The first-order chi connectivity index (χ1) is 14.2. The lowest BCUT2D eigenvalue weighted by Crippen LogP contribution is -2.15. The van der Waals surface area contributed by atoms with Crippen molar-refractivity contribution in [3.8, 4) is 5.75 Å². The van der Waals surface area contributed by atoms with Crippen LogP contribution in [0.5, 0.6) is 5.75 Å². The summed E-state index contributed by atoms with van der Waals surface area (Å²) in [4.78, 5) is 4.65. The fraction of sp³-hybridized carbons (Fsp3) is 0.304. The first-order valence-corrected chi connectivity index (χ1v) is 10.0. The normalized spacial score (nSPS) is 11.2. The third-order valence-corrected chi connectivity index (χ3v) is 4.94. The van der Waals surface area contributed by atoms with E-state index in [0.717, 1.165) is 48.6 Å². The highest BCUT2D eigenvalue weighted by atomic mass is 16.5. The molecule has 3 aromatic heterocycles. The van der Waals surface area contributed by atoms with Crippen molar-refractivity contribution in [1.82, 2.24) is 24.5 Å². The van der Waals surface area contributed by atoms with E-state index in [-0.39, 0.29) is 0 Å². The first-order valence-electron chi connectivity index (χ1n) is 10.0. The topological polar surface area (TPSA) is 56.4 Å². The van der Waals surface area contributed by atoms with Crippen LogP contribution in [0.4, 0.5) is 0 Å². The highest BCUT2D eigenvalue weighted by molar-refractivity contribution is 5.47. The van der Waals surface area contributed by atoms with Gasteiger partial charge in [-0.05, 0) is 61.2 Å². The summed E-state index contributed by atoms with van der Waals surface area (Å²) in [5.41, 5.74) is 5.62. The molecule has 6 nitrogen and oxygen atoms in total. The van der Waals surface area contributed by atoms with Crippen LogP contribution in [0.2, 0.25) is 0 Å². The molecule has 4 rings (SSSR count). The maximum atomic E-state index is 5.91. The van der Waals surface area contributed by atoms with E-state index in [1.165, 1.54) is 11.1 Å². The number of rotatable bonds is 9. The standard InChI is InChI=1S/C23H27N5O/c1-18-5-4-12-28-16-21(26-23(18)28)17-29-22-9-7-19(8-10-22)13-24-11-3-6-20-14-25-27(2)15-20/h4-5,7-10,12,14-16,24H,3,6,11,13,17H2,1-2H3. The number of nitrogens with zero attached hydrogens (tertiary/aromatic N) is 4. The quantitative estimate of drug-likeness (QED) is 0.444. The van der Waals surface area contributed by atoms with Crippen LogP contribution in [-0.2, 0) is 26.6 Å². The number of ether oxygens (including phenoxy) is 1. The second kappa shape index (κ2) is 8.92. The second-order valence-corrected chi connectivity index (χ2v) is 7.39. The zero-order valence-electron chi connectivity index (χ0n) is 17.0. The van der Waals surface area contributed by atoms with Crippen molar-refractivity contribution in [2.75, 3.05) is 6.54 Å². The molecule has 1 aromatic carbocycles. The smallest absolute Gasteiger partial charge is 0.140 e. The second-order valence-electron chi connectivity index (χ2n) is 7.39. The van der Waals surface area contributed by atoms with E-state index in [2.05, 4.69) is 46.7 Å². The summed E-state index contributed by atoms with van der Waals surface area (Å²) in [5, 5.41) is 7.70. The molecule has 4 aromatic rings. The number of aromatic nitrogens is 4. The number of benzene rings is 1. The van der Waals surface area contributed by atoms with Crippen molar-refractivity contribution in [2.45, 2.75) is 32.9 Å². The molecule has 1 N–H and O–H groups in total. The van der Waals surface area contributed by atoms with Crippen molar-refractivity contribution < 1.29 is 4.74 Å². The van der Waals surface area contributed by atoms with Gasteiger partial charge in [-0.2, -0.15) is 5.10 Å². The largest absolute Gasteiger partial charge is 0.487 e. The van der Waals surface area contributed by atoms with Gasteiger partial charge in [-0.25, -0.2) is 4.98 Å². The molecule has 3 heterocycles. The molecule has 0 saturated carbocycles. The van der Waals surface area contributed by atoms with Gasteiger partial charge in [0.2, 0.25) is 0 Å². The molecule has 0 radical (unpaired) electrons. The number of nitrogens with one attached hydrogen (secondary N) is 1. The highest BCUT2D eigenvalue weighted by Gasteiger charge is 2.05. The minimum absolute atomic E-state index is 0.465. The van der Waals surface area contributed by atoms with Gasteiger partial charge in [-0.15, -0.1) is 0 Å². The molecule has 0 fully saturated rings. The van der Waals surface area contributed by atoms with Crippen LogP contribution < -0.4 is 10.1 Å². The molecule has 6 heteroatoms. The van der Waals surface area contributed by atoms with Crippen LogP contribution in [0, 0.1) is 6.92 Å². The summed E-state index contributed by atoms with van der Waals surface area (Å²) in [5.74, 6) is 0.860. The van der Waals surface area contributed by atoms with Gasteiger partial charge in [0.1, 0.15) is 18.0 Å². The Morgan fingerprint density at radius 3 is 2.69 bits per heavy atom. The number of aryl methyl sites for hydroxylation is 3. The maximum Gasteiger partial charge on any atom is 0.140 e. The molecule has 0 unspecified atom stereocenters. The van der Waals surface area contributed by atoms with Crippen molar-refractivity contribution in [3.63, 3.8) is 0 Å². The van der Waals surface area contributed by atoms with Crippen LogP contribution in [0.3, 0.4) is 0 Å². The van der Waals surface area contributed by atoms with Crippen molar-refractivity contribution in [3.05, 3.63) is 83.6 Å². The Morgan fingerprint density at radius 1 is 1.07 bits per heavy atom. The predicted molar refractivity (Wildman–Crippen MR) is 114 cm³/mol. The molecule has 0 amide bonds. The zero-order valence-corrected chi connectivity index (χ0v) is 17.0. The molecule has 0 aliphatic heterocycles. The van der Waals surface area contributed by atoms with Crippen molar-refractivity contribution in [2.24, 2.45) is 7.05 Å². The molecular formula is C23H27N5O. The monoisotopic (exact) mass is 389 g/mol. The lowest BCUT2D eigenvalue weighted by atomic mass is 10.2. The number of imidazole rings is 1. The fourth-order valence-corrected chi connectivity index (χ4v) is 3.39. The molecule has 0 aliphatic rings. The van der Waals surface area contributed by atoms with Crippen LogP contribution >= 0.6 is 0 Å². The van der Waals surface area contributed by atoms with Crippen LogP contribution in [0.25, 0.3) is 5.65 Å². The molecule has 0 bridgehead atoms. The first kappa shape index (κ1) is 19.2. The Morgan fingerprint density at radius 2 is 1.93 bits per heavy atom. The molecular weight excluding hydrogens is 362 g/mol. The molecule has 0 atom stereocenters. The Bertz CT molecular complexity index is 1060. The zero-order chi connectivity index (χ0) is 20.1. The number of fused-ring (bicyclic) bond motifs is 1. The average Bonchev–Trinajstić information content (AvgIpc) is 3.34. The van der Waals surface area contributed by atoms with Crippen LogP contribution in [0.1, 0.15) is 28.8 Å². The molecule has 0 aliphatic carbocycles. The Hall–Kier alpha value is -3.12. The van der Waals surface area contributed by atoms with E-state index in [9.17, 15) is 0 Å². The molecule has 150 valence electrons. The van der Waals surface area contributed by atoms with Crippen molar-refractivity contribution in [1.29, 1.82) is 0 Å². The van der Waals surface area contributed by atoms with E-state index in [4.69, 9.17) is 4.74 Å². The summed E-state index contributed by atoms with van der Waals surface area (Å²) in [7, 11) is 1.95. The van der Waals surface area contributed by atoms with E-state index < -0.39 is 0 Å². The summed E-state index contributed by atoms with van der Waals surface area (Å²) in [6.45, 7) is 4.38. The molecule has 29 heavy (non-hydrogen) atoms. The van der Waals surface area contributed by atoms with Gasteiger partial charge in [0.15, 0.2) is 0 Å². The van der Waals surface area contributed by atoms with Crippen LogP contribution in [0.15, 0.2) is 61.2 Å². The van der Waals surface area contributed by atoms with Gasteiger partial charge in [0.05, 0.1) is 11.9 Å². The summed E-state index contributed by atoms with van der Waals surface area (Å²) < 4.78 is 9.79. The lowest BCUT2D eigenvalue weighted by Gasteiger charge is -2.07. The highest BCUT2D eigenvalue weighted by Crippen LogP contribution is 2.15. The number of hydrogen-bond acceptors (Lipinski definition) is 4. The van der Waals surface area contributed by atoms with Gasteiger partial charge < -0.3 is 14.5 Å². The Kier molecular flexibility index (Phi) is 5.91. The summed E-state index contributed by atoms with van der Waals surface area (Å²) >= 11 is 0. The third kappa shape index (κ3) is 5.03. The van der Waals surface area contributed by atoms with E-state index in [0.29, 0.717) is 6.61 Å². The summed E-state index contributed by atoms with van der Waals surface area (Å²) in [6.07, 6.45) is 10.2.